The fraction of sp³-hybridized carbons (Fsp3) is 0.118. The van der Waals surface area contributed by atoms with Crippen LogP contribution in [0.15, 0.2) is 47.5 Å². The molecule has 8 heteroatoms. The Morgan fingerprint density at radius 2 is 1.84 bits per heavy atom. The summed E-state index contributed by atoms with van der Waals surface area (Å²) in [7, 11) is 3.17. The molecule has 0 amide bonds. The lowest BCUT2D eigenvalue weighted by atomic mass is 10.2. The van der Waals surface area contributed by atoms with Crippen LogP contribution in [0.1, 0.15) is 0 Å². The molecule has 0 unspecified atom stereocenters. The van der Waals surface area contributed by atoms with Gasteiger partial charge in [0.1, 0.15) is 22.2 Å². The second-order valence-corrected chi connectivity index (χ2v) is 7.04. The van der Waals surface area contributed by atoms with Crippen LogP contribution in [-0.2, 0) is 0 Å². The average molecular weight is 392 g/mol. The van der Waals surface area contributed by atoms with Gasteiger partial charge in [0.05, 0.1) is 14.2 Å². The molecule has 1 aliphatic heterocycles. The van der Waals surface area contributed by atoms with E-state index in [2.05, 4.69) is 4.99 Å². The molecule has 0 spiro atoms. The van der Waals surface area contributed by atoms with Gasteiger partial charge in [-0.1, -0.05) is 23.8 Å². The second-order valence-electron chi connectivity index (χ2n) is 4.98. The third-order valence-electron chi connectivity index (χ3n) is 3.49. The van der Waals surface area contributed by atoms with Gasteiger partial charge in [0, 0.05) is 10.7 Å². The Balaban J connectivity index is 1.94. The van der Waals surface area contributed by atoms with Crippen molar-refractivity contribution >= 4 is 62.2 Å². The highest BCUT2D eigenvalue weighted by atomic mass is 35.5. The fourth-order valence-electron chi connectivity index (χ4n) is 2.27. The molecule has 3 rings (SSSR count). The number of thioether (sulfide) groups is 1. The molecule has 5 nitrogen and oxygen atoms in total. The van der Waals surface area contributed by atoms with Crippen LogP contribution >= 0.6 is 35.6 Å². The number of hydrogen-bond acceptors (Lipinski definition) is 6. The molecule has 2 aromatic rings. The van der Waals surface area contributed by atoms with Crippen molar-refractivity contribution in [2.75, 3.05) is 19.1 Å². The summed E-state index contributed by atoms with van der Waals surface area (Å²) in [4.78, 5) is 6.18. The third-order valence-corrected chi connectivity index (χ3v) is 4.99. The standard InChI is InChI=1S/C17H14ClN3O2S2/c1-22-12-6-4-11(5-7-12)21-15(19)16(25-17(21)24)20-13-9-10(18)3-8-14(13)23-2/h3-9,19H,1-2H3. The fourth-order valence-corrected chi connectivity index (χ4v) is 3.65. The summed E-state index contributed by atoms with van der Waals surface area (Å²) < 4.78 is 11.0. The van der Waals surface area contributed by atoms with E-state index in [1.165, 1.54) is 11.8 Å². The number of amidine groups is 1. The van der Waals surface area contributed by atoms with E-state index in [-0.39, 0.29) is 5.84 Å². The van der Waals surface area contributed by atoms with Gasteiger partial charge >= 0.3 is 0 Å². The predicted octanol–water partition coefficient (Wildman–Crippen LogP) is 4.90. The van der Waals surface area contributed by atoms with Gasteiger partial charge in [-0.3, -0.25) is 10.3 Å². The number of hydrogen-bond donors (Lipinski definition) is 1. The quantitative estimate of drug-likeness (QED) is 0.751. The second kappa shape index (κ2) is 7.43. The molecule has 0 aromatic heterocycles. The number of thiocarbonyl (C=S) groups is 1. The van der Waals surface area contributed by atoms with Crippen molar-refractivity contribution in [3.63, 3.8) is 0 Å². The zero-order valence-electron chi connectivity index (χ0n) is 13.4. The molecule has 1 aliphatic rings. The van der Waals surface area contributed by atoms with E-state index < -0.39 is 0 Å². The molecule has 0 aliphatic carbocycles. The molecule has 1 fully saturated rings. The number of nitrogens with one attached hydrogen (secondary N) is 1. The van der Waals surface area contributed by atoms with Crippen LogP contribution in [-0.4, -0.2) is 29.4 Å². The number of benzene rings is 2. The normalized spacial score (nSPS) is 15.8. The van der Waals surface area contributed by atoms with Gasteiger partial charge in [-0.2, -0.15) is 0 Å². The van der Waals surface area contributed by atoms with Gasteiger partial charge < -0.3 is 9.47 Å². The minimum absolute atomic E-state index is 0.210. The number of nitrogens with zero attached hydrogens (tertiary/aromatic N) is 2. The number of ether oxygens (including phenoxy) is 2. The summed E-state index contributed by atoms with van der Waals surface area (Å²) in [5.74, 6) is 1.53. The number of aliphatic imine (C=N–C) groups is 1. The van der Waals surface area contributed by atoms with E-state index in [0.29, 0.717) is 25.8 Å². The summed E-state index contributed by atoms with van der Waals surface area (Å²) in [5, 5.41) is 9.47. The first-order valence-corrected chi connectivity index (χ1v) is 8.81. The lowest BCUT2D eigenvalue weighted by Gasteiger charge is -2.16. The number of anilines is 1. The molecule has 1 saturated heterocycles. The summed E-state index contributed by atoms with van der Waals surface area (Å²) in [5.41, 5.74) is 1.34. The monoisotopic (exact) mass is 391 g/mol. The summed E-state index contributed by atoms with van der Waals surface area (Å²) in [6.45, 7) is 0. The molecule has 0 bridgehead atoms. The lowest BCUT2D eigenvalue weighted by molar-refractivity contribution is 0.415. The maximum atomic E-state index is 8.44. The minimum atomic E-state index is 0.210. The number of rotatable bonds is 4. The Hall–Kier alpha value is -2.09. The van der Waals surface area contributed by atoms with Gasteiger partial charge in [0.25, 0.3) is 0 Å². The van der Waals surface area contributed by atoms with Crippen molar-refractivity contribution in [3.05, 3.63) is 47.5 Å². The topological polar surface area (TPSA) is 57.9 Å². The van der Waals surface area contributed by atoms with Crippen LogP contribution in [0.2, 0.25) is 5.02 Å². The molecular formula is C17H14ClN3O2S2. The summed E-state index contributed by atoms with van der Waals surface area (Å²) in [6.07, 6.45) is 0. The highest BCUT2D eigenvalue weighted by Crippen LogP contribution is 2.35. The van der Waals surface area contributed by atoms with Gasteiger partial charge in [0.15, 0.2) is 10.2 Å². The van der Waals surface area contributed by atoms with Crippen LogP contribution in [0, 0.1) is 5.41 Å². The van der Waals surface area contributed by atoms with Crippen LogP contribution in [0.3, 0.4) is 0 Å². The lowest BCUT2D eigenvalue weighted by Crippen LogP contribution is -2.28. The summed E-state index contributed by atoms with van der Waals surface area (Å²) in [6, 6.07) is 12.5. The van der Waals surface area contributed by atoms with Crippen molar-refractivity contribution in [2.45, 2.75) is 0 Å². The van der Waals surface area contributed by atoms with E-state index in [0.717, 1.165) is 11.4 Å². The van der Waals surface area contributed by atoms with Crippen molar-refractivity contribution in [1.29, 1.82) is 5.41 Å². The molecule has 1 N–H and O–H groups in total. The first-order chi connectivity index (χ1) is 12.0. The first kappa shape index (κ1) is 17.7. The molecule has 0 saturated carbocycles. The molecule has 25 heavy (non-hydrogen) atoms. The van der Waals surface area contributed by atoms with Gasteiger partial charge in [0.2, 0.25) is 0 Å². The Kier molecular flexibility index (Phi) is 5.27. The van der Waals surface area contributed by atoms with E-state index in [1.54, 1.807) is 37.3 Å². The van der Waals surface area contributed by atoms with Crippen molar-refractivity contribution in [2.24, 2.45) is 4.99 Å². The van der Waals surface area contributed by atoms with Crippen LogP contribution in [0.4, 0.5) is 11.4 Å². The largest absolute Gasteiger partial charge is 0.497 e. The average Bonchev–Trinajstić information content (AvgIpc) is 2.89. The predicted molar refractivity (Wildman–Crippen MR) is 108 cm³/mol. The van der Waals surface area contributed by atoms with E-state index in [4.69, 9.17) is 38.7 Å². The van der Waals surface area contributed by atoms with E-state index >= 15 is 0 Å². The number of methoxy groups -OCH3 is 2. The molecule has 128 valence electrons. The van der Waals surface area contributed by atoms with Gasteiger partial charge in [-0.15, -0.1) is 0 Å². The molecule has 0 atom stereocenters. The molecular weight excluding hydrogens is 378 g/mol. The maximum absolute atomic E-state index is 8.44. The first-order valence-electron chi connectivity index (χ1n) is 7.20. The van der Waals surface area contributed by atoms with Gasteiger partial charge in [-0.05, 0) is 54.2 Å². The Morgan fingerprint density at radius 3 is 2.48 bits per heavy atom. The smallest absolute Gasteiger partial charge is 0.164 e. The maximum Gasteiger partial charge on any atom is 0.164 e. The third kappa shape index (κ3) is 3.63. The molecule has 1 heterocycles. The zero-order chi connectivity index (χ0) is 18.0. The van der Waals surface area contributed by atoms with Crippen molar-refractivity contribution in [3.8, 4) is 11.5 Å². The SMILES string of the molecule is COc1ccc(N2C(=N)C(=Nc3cc(Cl)ccc3OC)SC2=S)cc1. The van der Waals surface area contributed by atoms with Crippen LogP contribution in [0.5, 0.6) is 11.5 Å². The van der Waals surface area contributed by atoms with Gasteiger partial charge in [-0.25, -0.2) is 4.99 Å². The van der Waals surface area contributed by atoms with E-state index in [1.807, 2.05) is 24.3 Å². The minimum Gasteiger partial charge on any atom is -0.497 e. The van der Waals surface area contributed by atoms with Crippen LogP contribution in [0.25, 0.3) is 0 Å². The van der Waals surface area contributed by atoms with E-state index in [9.17, 15) is 0 Å². The highest BCUT2D eigenvalue weighted by molar-refractivity contribution is 8.35. The molecule has 0 radical (unpaired) electrons. The van der Waals surface area contributed by atoms with Crippen molar-refractivity contribution in [1.82, 2.24) is 0 Å². The van der Waals surface area contributed by atoms with Crippen LogP contribution < -0.4 is 14.4 Å². The molecule has 2 aromatic carbocycles. The van der Waals surface area contributed by atoms with Crippen molar-refractivity contribution < 1.29 is 9.47 Å². The zero-order valence-corrected chi connectivity index (χ0v) is 15.8. The summed E-state index contributed by atoms with van der Waals surface area (Å²) >= 11 is 12.7. The number of halogens is 1. The Labute approximate surface area is 160 Å². The highest BCUT2D eigenvalue weighted by Gasteiger charge is 2.32. The Bertz CT molecular complexity index is 869. The Morgan fingerprint density at radius 1 is 1.12 bits per heavy atom.